The molecule has 0 heterocycles. The predicted molar refractivity (Wildman–Crippen MR) is 120 cm³/mol. The number of carbonyl (C=O) groups excluding carboxylic acids is 4. The van der Waals surface area contributed by atoms with Crippen LogP contribution in [0.3, 0.4) is 0 Å². The summed E-state index contributed by atoms with van der Waals surface area (Å²) in [6.07, 6.45) is 0.250. The molecule has 182 valence electrons. The van der Waals surface area contributed by atoms with Crippen LogP contribution in [0.2, 0.25) is 0 Å². The number of nitrogens with two attached hydrogens (primary N) is 2. The van der Waals surface area contributed by atoms with Crippen molar-refractivity contribution in [3.63, 3.8) is 0 Å². The molecule has 0 aliphatic rings. The van der Waals surface area contributed by atoms with Crippen molar-refractivity contribution in [3.05, 3.63) is 35.9 Å². The second-order valence-electron chi connectivity index (χ2n) is 7.97. The van der Waals surface area contributed by atoms with Crippen LogP contribution in [0.5, 0.6) is 0 Å². The van der Waals surface area contributed by atoms with Crippen molar-refractivity contribution in [3.8, 4) is 0 Å². The Labute approximate surface area is 192 Å². The zero-order valence-electron chi connectivity index (χ0n) is 19.0. The van der Waals surface area contributed by atoms with Gasteiger partial charge in [-0.1, -0.05) is 50.6 Å². The van der Waals surface area contributed by atoms with Crippen LogP contribution in [0, 0.1) is 5.92 Å². The van der Waals surface area contributed by atoms with Gasteiger partial charge in [-0.2, -0.15) is 0 Å². The first kappa shape index (κ1) is 27.6. The standard InChI is InChI=1S/C22H33N5O6/c1-4-12(2)18(22(32)33)27-21(31)16(10-14-8-6-5-7-9-14)26-19(29)13(3)25-20(30)15(23)11-17(24)28/h5-9,12-13,15-16,18H,4,10-11,23H2,1-3H3,(H2,24,28)(H,25,30)(H,26,29)(H,27,31)(H,32,33). The van der Waals surface area contributed by atoms with Crippen LogP contribution in [-0.2, 0) is 30.4 Å². The minimum Gasteiger partial charge on any atom is -0.480 e. The smallest absolute Gasteiger partial charge is 0.326 e. The van der Waals surface area contributed by atoms with Gasteiger partial charge in [-0.05, 0) is 18.4 Å². The highest BCUT2D eigenvalue weighted by Gasteiger charge is 2.31. The Morgan fingerprint density at radius 3 is 2.06 bits per heavy atom. The highest BCUT2D eigenvalue weighted by molar-refractivity contribution is 5.94. The summed E-state index contributed by atoms with van der Waals surface area (Å²) in [5.41, 5.74) is 11.3. The third kappa shape index (κ3) is 9.27. The quantitative estimate of drug-likeness (QED) is 0.217. The van der Waals surface area contributed by atoms with Crippen LogP contribution in [0.15, 0.2) is 30.3 Å². The van der Waals surface area contributed by atoms with Crippen molar-refractivity contribution >= 4 is 29.6 Å². The lowest BCUT2D eigenvalue weighted by molar-refractivity contribution is -0.143. The van der Waals surface area contributed by atoms with Gasteiger partial charge in [0, 0.05) is 6.42 Å². The van der Waals surface area contributed by atoms with Crippen molar-refractivity contribution in [1.29, 1.82) is 0 Å². The average Bonchev–Trinajstić information content (AvgIpc) is 2.76. The highest BCUT2D eigenvalue weighted by atomic mass is 16.4. The summed E-state index contributed by atoms with van der Waals surface area (Å²) in [5, 5.41) is 16.9. The lowest BCUT2D eigenvalue weighted by atomic mass is 9.98. The first-order valence-electron chi connectivity index (χ1n) is 10.7. The third-order valence-corrected chi connectivity index (χ3v) is 5.20. The van der Waals surface area contributed by atoms with E-state index >= 15 is 0 Å². The van der Waals surface area contributed by atoms with E-state index in [0.29, 0.717) is 6.42 Å². The Hall–Kier alpha value is -3.47. The van der Waals surface area contributed by atoms with Gasteiger partial charge < -0.3 is 32.5 Å². The van der Waals surface area contributed by atoms with E-state index in [1.165, 1.54) is 6.92 Å². The van der Waals surface area contributed by atoms with Crippen molar-refractivity contribution in [2.24, 2.45) is 17.4 Å². The van der Waals surface area contributed by atoms with Crippen LogP contribution in [0.4, 0.5) is 0 Å². The minimum absolute atomic E-state index is 0.104. The molecule has 1 aromatic rings. The summed E-state index contributed by atoms with van der Waals surface area (Å²) in [6.45, 7) is 4.90. The molecule has 0 bridgehead atoms. The van der Waals surface area contributed by atoms with Crippen molar-refractivity contribution in [2.45, 2.75) is 64.2 Å². The highest BCUT2D eigenvalue weighted by Crippen LogP contribution is 2.10. The Balaban J connectivity index is 2.96. The minimum atomic E-state index is -1.21. The average molecular weight is 464 g/mol. The van der Waals surface area contributed by atoms with Crippen LogP contribution in [0.1, 0.15) is 39.2 Å². The SMILES string of the molecule is CCC(C)C(NC(=O)C(Cc1ccccc1)NC(=O)C(C)NC(=O)C(N)CC(N)=O)C(=O)O. The number of aliphatic carboxylic acids is 1. The molecule has 0 saturated carbocycles. The molecule has 33 heavy (non-hydrogen) atoms. The second-order valence-corrected chi connectivity index (χ2v) is 7.97. The van der Waals surface area contributed by atoms with E-state index in [1.54, 1.807) is 37.3 Å². The molecular formula is C22H33N5O6. The first-order valence-corrected chi connectivity index (χ1v) is 10.7. The van der Waals surface area contributed by atoms with Crippen LogP contribution < -0.4 is 27.4 Å². The Bertz CT molecular complexity index is 847. The number of primary amides is 1. The Morgan fingerprint density at radius 1 is 0.939 bits per heavy atom. The summed E-state index contributed by atoms with van der Waals surface area (Å²) in [4.78, 5) is 60.2. The van der Waals surface area contributed by atoms with Crippen molar-refractivity contribution in [1.82, 2.24) is 16.0 Å². The maximum absolute atomic E-state index is 12.9. The topological polar surface area (TPSA) is 194 Å². The molecule has 0 radical (unpaired) electrons. The van der Waals surface area contributed by atoms with E-state index in [9.17, 15) is 29.1 Å². The number of carbonyl (C=O) groups is 5. The number of nitrogens with one attached hydrogen (secondary N) is 3. The normalized spacial score (nSPS) is 15.3. The van der Waals surface area contributed by atoms with Gasteiger partial charge in [0.2, 0.25) is 23.6 Å². The van der Waals surface area contributed by atoms with Gasteiger partial charge in [-0.15, -0.1) is 0 Å². The number of benzene rings is 1. The molecule has 5 atom stereocenters. The fraction of sp³-hybridized carbons (Fsp3) is 0.500. The monoisotopic (exact) mass is 463 g/mol. The van der Waals surface area contributed by atoms with E-state index < -0.39 is 53.8 Å². The molecule has 0 saturated heterocycles. The number of hydrogen-bond acceptors (Lipinski definition) is 6. The van der Waals surface area contributed by atoms with Gasteiger partial charge in [0.1, 0.15) is 18.1 Å². The summed E-state index contributed by atoms with van der Waals surface area (Å²) in [7, 11) is 0. The lowest BCUT2D eigenvalue weighted by Crippen LogP contribution is -2.57. The fourth-order valence-corrected chi connectivity index (χ4v) is 2.99. The third-order valence-electron chi connectivity index (χ3n) is 5.20. The van der Waals surface area contributed by atoms with Crippen LogP contribution >= 0.6 is 0 Å². The Kier molecular flexibility index (Phi) is 11.0. The molecule has 1 rings (SSSR count). The van der Waals surface area contributed by atoms with Gasteiger partial charge in [0.25, 0.3) is 0 Å². The van der Waals surface area contributed by atoms with E-state index in [-0.39, 0.29) is 18.8 Å². The molecule has 8 N–H and O–H groups in total. The van der Waals surface area contributed by atoms with Crippen LogP contribution in [0.25, 0.3) is 0 Å². The first-order chi connectivity index (χ1) is 15.5. The summed E-state index contributed by atoms with van der Waals surface area (Å²) < 4.78 is 0. The molecule has 5 unspecified atom stereocenters. The number of carboxylic acids is 1. The lowest BCUT2D eigenvalue weighted by Gasteiger charge is -2.25. The fourth-order valence-electron chi connectivity index (χ4n) is 2.99. The van der Waals surface area contributed by atoms with Gasteiger partial charge >= 0.3 is 5.97 Å². The molecule has 1 aromatic carbocycles. The number of hydrogen-bond donors (Lipinski definition) is 6. The van der Waals surface area contributed by atoms with Gasteiger partial charge in [0.15, 0.2) is 0 Å². The molecule has 0 fully saturated rings. The maximum atomic E-state index is 12.9. The van der Waals surface area contributed by atoms with E-state index in [4.69, 9.17) is 11.5 Å². The number of rotatable bonds is 13. The number of carboxylic acid groups (broad SMARTS) is 1. The largest absolute Gasteiger partial charge is 0.480 e. The zero-order valence-corrected chi connectivity index (χ0v) is 19.0. The molecule has 11 nitrogen and oxygen atoms in total. The van der Waals surface area contributed by atoms with E-state index in [1.807, 2.05) is 6.92 Å². The molecule has 11 heteroatoms. The van der Waals surface area contributed by atoms with Crippen molar-refractivity contribution in [2.75, 3.05) is 0 Å². The van der Waals surface area contributed by atoms with E-state index in [2.05, 4.69) is 16.0 Å². The van der Waals surface area contributed by atoms with Gasteiger partial charge in [-0.3, -0.25) is 19.2 Å². The molecule has 0 aromatic heterocycles. The summed E-state index contributed by atoms with van der Waals surface area (Å²) in [5.74, 6) is -4.35. The maximum Gasteiger partial charge on any atom is 0.326 e. The summed E-state index contributed by atoms with van der Waals surface area (Å²) in [6, 6.07) is 4.37. The summed E-state index contributed by atoms with van der Waals surface area (Å²) >= 11 is 0. The van der Waals surface area contributed by atoms with Crippen molar-refractivity contribution < 1.29 is 29.1 Å². The zero-order chi connectivity index (χ0) is 25.1. The Morgan fingerprint density at radius 2 is 1.55 bits per heavy atom. The second kappa shape index (κ2) is 13.2. The molecule has 4 amide bonds. The van der Waals surface area contributed by atoms with Crippen LogP contribution in [-0.4, -0.2) is 58.9 Å². The van der Waals surface area contributed by atoms with E-state index in [0.717, 1.165) is 5.56 Å². The molecule has 0 spiro atoms. The molecular weight excluding hydrogens is 430 g/mol. The van der Waals surface area contributed by atoms with Gasteiger partial charge in [-0.25, -0.2) is 4.79 Å². The molecule has 0 aliphatic heterocycles. The number of amides is 4. The predicted octanol–water partition coefficient (Wildman–Crippen LogP) is -0.963. The van der Waals surface area contributed by atoms with Gasteiger partial charge in [0.05, 0.1) is 12.5 Å². The molecule has 0 aliphatic carbocycles.